The summed E-state index contributed by atoms with van der Waals surface area (Å²) >= 11 is 3.42. The van der Waals surface area contributed by atoms with Crippen molar-refractivity contribution in [3.05, 3.63) is 63.1 Å². The van der Waals surface area contributed by atoms with Gasteiger partial charge in [-0.05, 0) is 38.0 Å². The summed E-state index contributed by atoms with van der Waals surface area (Å²) in [4.78, 5) is 12.9. The molecular formula is C21H21BrO4. The van der Waals surface area contributed by atoms with Crippen molar-refractivity contribution in [2.24, 2.45) is 0 Å². The highest BCUT2D eigenvalue weighted by atomic mass is 79.9. The smallest absolute Gasteiger partial charge is 0.174 e. The predicted octanol–water partition coefficient (Wildman–Crippen LogP) is 5.38. The van der Waals surface area contributed by atoms with E-state index in [1.807, 2.05) is 44.2 Å². The molecule has 0 amide bonds. The highest BCUT2D eigenvalue weighted by molar-refractivity contribution is 9.10. The Hall–Kier alpha value is -2.27. The zero-order valence-corrected chi connectivity index (χ0v) is 16.6. The van der Waals surface area contributed by atoms with E-state index in [4.69, 9.17) is 9.47 Å². The molecule has 0 aliphatic carbocycles. The number of Topliss-reactive ketones (excluding diaryl/α,β-unsaturated/α-hetero) is 1. The van der Waals surface area contributed by atoms with Crippen LogP contribution in [0.2, 0.25) is 0 Å². The van der Waals surface area contributed by atoms with Crippen molar-refractivity contribution in [1.82, 2.24) is 0 Å². The van der Waals surface area contributed by atoms with E-state index in [2.05, 4.69) is 15.9 Å². The maximum Gasteiger partial charge on any atom is 0.174 e. The maximum absolute atomic E-state index is 12.9. The number of fused-ring (bicyclic) bond motifs is 1. The first-order valence-electron chi connectivity index (χ1n) is 8.42. The van der Waals surface area contributed by atoms with Gasteiger partial charge in [-0.1, -0.05) is 39.7 Å². The Kier molecular flexibility index (Phi) is 5.37. The number of aromatic hydroxyl groups is 1. The van der Waals surface area contributed by atoms with Crippen LogP contribution in [-0.4, -0.2) is 18.0 Å². The van der Waals surface area contributed by atoms with Gasteiger partial charge in [0.15, 0.2) is 5.78 Å². The standard InChI is InChI=1S/C21H21BrO4/c1-12(2)4-9-15-16(23)10-19(25-3)20-17(24)11-18(26-21(15)20)13-5-7-14(22)8-6-13/h4-8,10,18,23H,9,11H2,1-3H3. The van der Waals surface area contributed by atoms with Crippen LogP contribution in [0.25, 0.3) is 0 Å². The van der Waals surface area contributed by atoms with Crippen LogP contribution >= 0.6 is 15.9 Å². The van der Waals surface area contributed by atoms with Crippen LogP contribution in [-0.2, 0) is 6.42 Å². The molecule has 1 aliphatic rings. The zero-order valence-electron chi connectivity index (χ0n) is 15.0. The summed E-state index contributed by atoms with van der Waals surface area (Å²) in [5.41, 5.74) is 3.07. The maximum atomic E-state index is 12.9. The highest BCUT2D eigenvalue weighted by Crippen LogP contribution is 2.46. The molecule has 0 spiro atoms. The highest BCUT2D eigenvalue weighted by Gasteiger charge is 2.33. The van der Waals surface area contributed by atoms with Gasteiger partial charge in [0, 0.05) is 16.1 Å². The third kappa shape index (κ3) is 3.63. The summed E-state index contributed by atoms with van der Waals surface area (Å²) in [6.07, 6.45) is 2.33. The summed E-state index contributed by atoms with van der Waals surface area (Å²) < 4.78 is 12.5. The second kappa shape index (κ2) is 7.54. The summed E-state index contributed by atoms with van der Waals surface area (Å²) in [6, 6.07) is 9.21. The lowest BCUT2D eigenvalue weighted by atomic mass is 9.92. The van der Waals surface area contributed by atoms with Crippen LogP contribution in [0.15, 0.2) is 46.5 Å². The molecule has 2 aromatic carbocycles. The van der Waals surface area contributed by atoms with Gasteiger partial charge < -0.3 is 14.6 Å². The molecule has 0 saturated carbocycles. The van der Waals surface area contributed by atoms with E-state index in [1.165, 1.54) is 13.2 Å². The van der Waals surface area contributed by atoms with Crippen molar-refractivity contribution in [3.8, 4) is 17.2 Å². The van der Waals surface area contributed by atoms with Crippen molar-refractivity contribution in [3.63, 3.8) is 0 Å². The van der Waals surface area contributed by atoms with Crippen molar-refractivity contribution in [2.45, 2.75) is 32.8 Å². The van der Waals surface area contributed by atoms with Gasteiger partial charge in [0.05, 0.1) is 13.5 Å². The van der Waals surface area contributed by atoms with Gasteiger partial charge in [-0.25, -0.2) is 0 Å². The number of phenolic OH excluding ortho intramolecular Hbond substituents is 1. The molecule has 136 valence electrons. The predicted molar refractivity (Wildman–Crippen MR) is 104 cm³/mol. The number of ether oxygens (including phenoxy) is 2. The molecule has 1 heterocycles. The monoisotopic (exact) mass is 416 g/mol. The minimum Gasteiger partial charge on any atom is -0.507 e. The van der Waals surface area contributed by atoms with Crippen molar-refractivity contribution in [2.75, 3.05) is 7.11 Å². The van der Waals surface area contributed by atoms with Gasteiger partial charge in [0.25, 0.3) is 0 Å². The first-order chi connectivity index (χ1) is 12.4. The van der Waals surface area contributed by atoms with Gasteiger partial charge in [0.1, 0.15) is 28.9 Å². The number of carbonyl (C=O) groups excluding carboxylic acids is 1. The number of rotatable bonds is 4. The van der Waals surface area contributed by atoms with Crippen LogP contribution in [0, 0.1) is 0 Å². The number of phenols is 1. The van der Waals surface area contributed by atoms with Crippen LogP contribution in [0.4, 0.5) is 0 Å². The van der Waals surface area contributed by atoms with E-state index in [1.54, 1.807) is 0 Å². The molecule has 1 N–H and O–H groups in total. The molecule has 1 atom stereocenters. The normalized spacial score (nSPS) is 15.8. The first-order valence-corrected chi connectivity index (χ1v) is 9.21. The average molecular weight is 417 g/mol. The molecule has 4 nitrogen and oxygen atoms in total. The number of methoxy groups -OCH3 is 1. The minimum absolute atomic E-state index is 0.0468. The molecule has 0 bridgehead atoms. The Balaban J connectivity index is 2.09. The molecule has 2 aromatic rings. The van der Waals surface area contributed by atoms with Crippen LogP contribution < -0.4 is 9.47 Å². The number of hydrogen-bond acceptors (Lipinski definition) is 4. The Morgan fingerprint density at radius 1 is 1.35 bits per heavy atom. The largest absolute Gasteiger partial charge is 0.507 e. The van der Waals surface area contributed by atoms with E-state index in [0.717, 1.165) is 15.6 Å². The molecule has 3 rings (SSSR count). The lowest BCUT2D eigenvalue weighted by Crippen LogP contribution is -2.22. The third-order valence-corrected chi connectivity index (χ3v) is 4.94. The van der Waals surface area contributed by atoms with E-state index in [-0.39, 0.29) is 24.1 Å². The van der Waals surface area contributed by atoms with E-state index in [9.17, 15) is 9.90 Å². The fourth-order valence-electron chi connectivity index (χ4n) is 3.04. The van der Waals surface area contributed by atoms with E-state index in [0.29, 0.717) is 29.0 Å². The Morgan fingerprint density at radius 2 is 2.04 bits per heavy atom. The molecule has 1 unspecified atom stereocenters. The molecular weight excluding hydrogens is 396 g/mol. The summed E-state index contributed by atoms with van der Waals surface area (Å²) in [5, 5.41) is 10.5. The second-order valence-corrected chi connectivity index (χ2v) is 7.47. The lowest BCUT2D eigenvalue weighted by molar-refractivity contribution is 0.0842. The minimum atomic E-state index is -0.389. The molecule has 5 heteroatoms. The topological polar surface area (TPSA) is 55.8 Å². The molecule has 0 saturated heterocycles. The Bertz CT molecular complexity index is 865. The molecule has 26 heavy (non-hydrogen) atoms. The number of ketones is 1. The quantitative estimate of drug-likeness (QED) is 0.679. The van der Waals surface area contributed by atoms with E-state index >= 15 is 0 Å². The third-order valence-electron chi connectivity index (χ3n) is 4.41. The molecule has 0 aromatic heterocycles. The average Bonchev–Trinajstić information content (AvgIpc) is 2.60. The SMILES string of the molecule is COc1cc(O)c(CC=C(C)C)c2c1C(=O)CC(c1ccc(Br)cc1)O2. The Morgan fingerprint density at radius 3 is 2.65 bits per heavy atom. The number of halogens is 1. The molecule has 0 fully saturated rings. The van der Waals surface area contributed by atoms with Gasteiger partial charge in [0.2, 0.25) is 0 Å². The van der Waals surface area contributed by atoms with Gasteiger partial charge in [-0.3, -0.25) is 4.79 Å². The number of benzene rings is 2. The number of carbonyl (C=O) groups is 1. The molecule has 1 aliphatic heterocycles. The second-order valence-electron chi connectivity index (χ2n) is 6.55. The lowest BCUT2D eigenvalue weighted by Gasteiger charge is -2.29. The number of hydrogen-bond donors (Lipinski definition) is 1. The fourth-order valence-corrected chi connectivity index (χ4v) is 3.30. The summed E-state index contributed by atoms with van der Waals surface area (Å²) in [5.74, 6) is 0.790. The van der Waals surface area contributed by atoms with Gasteiger partial charge in [-0.2, -0.15) is 0 Å². The summed E-state index contributed by atoms with van der Waals surface area (Å²) in [7, 11) is 1.49. The van der Waals surface area contributed by atoms with Gasteiger partial charge >= 0.3 is 0 Å². The van der Waals surface area contributed by atoms with Crippen LogP contribution in [0.1, 0.15) is 47.9 Å². The Labute approximate surface area is 161 Å². The summed E-state index contributed by atoms with van der Waals surface area (Å²) in [6.45, 7) is 3.98. The van der Waals surface area contributed by atoms with Crippen molar-refractivity contribution >= 4 is 21.7 Å². The molecule has 0 radical (unpaired) electrons. The van der Waals surface area contributed by atoms with Crippen molar-refractivity contribution < 1.29 is 19.4 Å². The van der Waals surface area contributed by atoms with Gasteiger partial charge in [-0.15, -0.1) is 0 Å². The van der Waals surface area contributed by atoms with Crippen molar-refractivity contribution in [1.29, 1.82) is 0 Å². The van der Waals surface area contributed by atoms with Crippen LogP contribution in [0.5, 0.6) is 17.2 Å². The zero-order chi connectivity index (χ0) is 18.8. The van der Waals surface area contributed by atoms with Crippen LogP contribution in [0.3, 0.4) is 0 Å². The fraction of sp³-hybridized carbons (Fsp3) is 0.286. The first kappa shape index (κ1) is 18.5. The van der Waals surface area contributed by atoms with E-state index < -0.39 is 0 Å². The number of allylic oxidation sites excluding steroid dienone is 2.